The molecule has 140 valence electrons. The van der Waals surface area contributed by atoms with E-state index < -0.39 is 11.9 Å². The average Bonchev–Trinajstić information content (AvgIpc) is 2.66. The predicted octanol–water partition coefficient (Wildman–Crippen LogP) is 2.19. The van der Waals surface area contributed by atoms with Gasteiger partial charge in [-0.15, -0.1) is 0 Å². The monoisotopic (exact) mass is 367 g/mol. The van der Waals surface area contributed by atoms with E-state index in [9.17, 15) is 19.5 Å². The Hall–Kier alpha value is -2.89. The van der Waals surface area contributed by atoms with E-state index in [1.807, 2.05) is 0 Å². The molecule has 1 aromatic rings. The van der Waals surface area contributed by atoms with Crippen LogP contribution in [0.1, 0.15) is 60.4 Å². The first kappa shape index (κ1) is 17.5. The van der Waals surface area contributed by atoms with Gasteiger partial charge in [0, 0.05) is 48.3 Å². The lowest BCUT2D eigenvalue weighted by molar-refractivity contribution is -0.255. The molecule has 6 nitrogen and oxygen atoms in total. The fourth-order valence-corrected chi connectivity index (χ4v) is 4.22. The second-order valence-electron chi connectivity index (χ2n) is 7.01. The first-order chi connectivity index (χ1) is 13.0. The van der Waals surface area contributed by atoms with E-state index >= 15 is 0 Å². The number of allylic oxidation sites excluding steroid dienone is 4. The summed E-state index contributed by atoms with van der Waals surface area (Å²) < 4.78 is 11.1. The molecule has 0 saturated carbocycles. The zero-order chi connectivity index (χ0) is 19.1. The van der Waals surface area contributed by atoms with Gasteiger partial charge in [0.05, 0.1) is 13.1 Å². The third-order valence-electron chi connectivity index (χ3n) is 5.42. The van der Waals surface area contributed by atoms with Crippen molar-refractivity contribution in [2.24, 2.45) is 0 Å². The Morgan fingerprint density at radius 2 is 1.63 bits per heavy atom. The molecule has 1 aliphatic heterocycles. The molecule has 0 spiro atoms. The van der Waals surface area contributed by atoms with Crippen LogP contribution in [0.15, 0.2) is 40.9 Å². The van der Waals surface area contributed by atoms with Gasteiger partial charge in [0.1, 0.15) is 17.3 Å². The fraction of sp³-hybridized carbons (Fsp3) is 0.381. The summed E-state index contributed by atoms with van der Waals surface area (Å²) in [6.07, 6.45) is 3.53. The number of carbonyl (C=O) groups excluding carboxylic acids is 3. The molecule has 1 aromatic carbocycles. The smallest absolute Gasteiger partial charge is 0.163 e. The molecule has 2 aliphatic carbocycles. The Labute approximate surface area is 156 Å². The number of benzene rings is 1. The van der Waals surface area contributed by atoms with Crippen molar-refractivity contribution in [2.45, 2.75) is 44.4 Å². The number of hydrogen-bond donors (Lipinski definition) is 0. The third-order valence-corrected chi connectivity index (χ3v) is 5.42. The molecule has 0 N–H and O–H groups in total. The maximum absolute atomic E-state index is 12.7. The minimum atomic E-state index is -1.37. The highest BCUT2D eigenvalue weighted by Gasteiger charge is 2.41. The van der Waals surface area contributed by atoms with E-state index in [4.69, 9.17) is 9.47 Å². The van der Waals surface area contributed by atoms with Gasteiger partial charge in [-0.05, 0) is 30.5 Å². The Balaban J connectivity index is 1.92. The molecule has 27 heavy (non-hydrogen) atoms. The van der Waals surface area contributed by atoms with Crippen molar-refractivity contribution < 1.29 is 29.0 Å². The first-order valence-electron chi connectivity index (χ1n) is 9.11. The molecular formula is C21H19O6-. The largest absolute Gasteiger partial charge is 0.545 e. The van der Waals surface area contributed by atoms with Gasteiger partial charge >= 0.3 is 0 Å². The minimum absolute atomic E-state index is 0.0445. The molecule has 0 amide bonds. The molecule has 6 heteroatoms. The SMILES string of the molecule is COc1ccc(C2C3=C(CCCC3=O)OC3=C2C(=O)CCC3)cc1C(=O)[O-]. The molecule has 1 heterocycles. The van der Waals surface area contributed by atoms with Gasteiger partial charge in [-0.1, -0.05) is 6.07 Å². The molecule has 0 bridgehead atoms. The molecule has 0 aromatic heterocycles. The number of hydrogen-bond acceptors (Lipinski definition) is 6. The summed E-state index contributed by atoms with van der Waals surface area (Å²) in [5.41, 5.74) is 1.45. The van der Waals surface area contributed by atoms with Crippen molar-refractivity contribution in [1.29, 1.82) is 0 Å². The number of carboxylic acids is 1. The number of methoxy groups -OCH3 is 1. The van der Waals surface area contributed by atoms with Crippen LogP contribution in [0, 0.1) is 0 Å². The number of ether oxygens (including phenoxy) is 2. The van der Waals surface area contributed by atoms with Gasteiger partial charge in [-0.25, -0.2) is 0 Å². The summed E-state index contributed by atoms with van der Waals surface area (Å²) in [6.45, 7) is 0. The van der Waals surface area contributed by atoms with E-state index in [2.05, 4.69) is 0 Å². The predicted molar refractivity (Wildman–Crippen MR) is 92.9 cm³/mol. The number of carbonyl (C=O) groups is 3. The van der Waals surface area contributed by atoms with Crippen LogP contribution in [-0.4, -0.2) is 24.6 Å². The van der Waals surface area contributed by atoms with Crippen molar-refractivity contribution in [3.8, 4) is 5.75 Å². The van der Waals surface area contributed by atoms with Crippen LogP contribution in [0.5, 0.6) is 5.75 Å². The normalized spacial score (nSPS) is 20.2. The molecular weight excluding hydrogens is 348 g/mol. The number of aromatic carboxylic acids is 1. The number of ketones is 2. The minimum Gasteiger partial charge on any atom is -0.545 e. The maximum Gasteiger partial charge on any atom is 0.163 e. The van der Waals surface area contributed by atoms with Crippen molar-refractivity contribution >= 4 is 17.5 Å². The third kappa shape index (κ3) is 2.85. The van der Waals surface area contributed by atoms with Gasteiger partial charge in [0.25, 0.3) is 0 Å². The van der Waals surface area contributed by atoms with E-state index in [-0.39, 0.29) is 22.9 Å². The Bertz CT molecular complexity index is 879. The summed E-state index contributed by atoms with van der Waals surface area (Å²) in [6, 6.07) is 4.69. The second kappa shape index (κ2) is 6.68. The van der Waals surface area contributed by atoms with Crippen molar-refractivity contribution in [3.63, 3.8) is 0 Å². The van der Waals surface area contributed by atoms with Crippen LogP contribution < -0.4 is 9.84 Å². The average molecular weight is 367 g/mol. The van der Waals surface area contributed by atoms with Gasteiger partial charge in [-0.2, -0.15) is 0 Å². The number of Topliss-reactive ketones (excluding diaryl/α,β-unsaturated/α-hetero) is 2. The van der Waals surface area contributed by atoms with Gasteiger partial charge in [0.2, 0.25) is 0 Å². The van der Waals surface area contributed by atoms with Crippen LogP contribution in [-0.2, 0) is 14.3 Å². The number of carboxylic acid groups (broad SMARTS) is 1. The van der Waals surface area contributed by atoms with Crippen LogP contribution >= 0.6 is 0 Å². The summed E-state index contributed by atoms with van der Waals surface area (Å²) in [5, 5.41) is 11.5. The summed E-state index contributed by atoms with van der Waals surface area (Å²) in [5.74, 6) is -0.623. The van der Waals surface area contributed by atoms with Crippen LogP contribution in [0.3, 0.4) is 0 Å². The maximum atomic E-state index is 12.7. The molecule has 4 rings (SSSR count). The fourth-order valence-electron chi connectivity index (χ4n) is 4.22. The van der Waals surface area contributed by atoms with Gasteiger partial charge in [-0.3, -0.25) is 9.59 Å². The molecule has 0 radical (unpaired) electrons. The summed E-state index contributed by atoms with van der Waals surface area (Å²) in [7, 11) is 1.38. The van der Waals surface area contributed by atoms with Gasteiger partial charge in [0.15, 0.2) is 11.6 Å². The van der Waals surface area contributed by atoms with Crippen molar-refractivity contribution in [3.05, 3.63) is 52.0 Å². The molecule has 0 saturated heterocycles. The lowest BCUT2D eigenvalue weighted by atomic mass is 9.73. The zero-order valence-electron chi connectivity index (χ0n) is 15.0. The lowest BCUT2D eigenvalue weighted by Gasteiger charge is -2.36. The summed E-state index contributed by atoms with van der Waals surface area (Å²) in [4.78, 5) is 37.0. The number of rotatable bonds is 3. The van der Waals surface area contributed by atoms with E-state index in [0.29, 0.717) is 66.8 Å². The van der Waals surface area contributed by atoms with Crippen LogP contribution in [0.2, 0.25) is 0 Å². The van der Waals surface area contributed by atoms with Crippen LogP contribution in [0.25, 0.3) is 0 Å². The summed E-state index contributed by atoms with van der Waals surface area (Å²) >= 11 is 0. The topological polar surface area (TPSA) is 92.7 Å². The van der Waals surface area contributed by atoms with E-state index in [0.717, 1.165) is 0 Å². The lowest BCUT2D eigenvalue weighted by Crippen LogP contribution is -2.30. The molecule has 0 atom stereocenters. The van der Waals surface area contributed by atoms with Crippen LogP contribution in [0.4, 0.5) is 0 Å². The Morgan fingerprint density at radius 3 is 2.15 bits per heavy atom. The van der Waals surface area contributed by atoms with Crippen molar-refractivity contribution in [2.75, 3.05) is 7.11 Å². The van der Waals surface area contributed by atoms with E-state index in [1.165, 1.54) is 19.2 Å². The quantitative estimate of drug-likeness (QED) is 0.813. The highest BCUT2D eigenvalue weighted by molar-refractivity contribution is 6.06. The second-order valence-corrected chi connectivity index (χ2v) is 7.01. The Kier molecular flexibility index (Phi) is 4.34. The zero-order valence-corrected chi connectivity index (χ0v) is 15.0. The Morgan fingerprint density at radius 1 is 1.04 bits per heavy atom. The van der Waals surface area contributed by atoms with Crippen molar-refractivity contribution in [1.82, 2.24) is 0 Å². The van der Waals surface area contributed by atoms with E-state index in [1.54, 1.807) is 6.07 Å². The molecule has 3 aliphatic rings. The van der Waals surface area contributed by atoms with Gasteiger partial charge < -0.3 is 19.4 Å². The highest BCUT2D eigenvalue weighted by atomic mass is 16.5. The highest BCUT2D eigenvalue weighted by Crippen LogP contribution is 2.48. The molecule has 0 unspecified atom stereocenters. The first-order valence-corrected chi connectivity index (χ1v) is 9.11. The molecule has 0 fully saturated rings. The standard InChI is InChI=1S/C21H20O6/c1-26-15-9-8-11(10-12(15)21(24)25)18-19-13(22)4-2-6-16(19)27-17-7-3-5-14(23)20(17)18/h8-10,18H,2-7H2,1H3,(H,24,25)/p-1.